The molecule has 100 valence electrons. The van der Waals surface area contributed by atoms with Gasteiger partial charge in [0.1, 0.15) is 10.6 Å². The number of ether oxygens (including phenoxy) is 1. The first-order valence-corrected chi connectivity index (χ1v) is 7.70. The standard InChI is InChI=1S/C11H8BrClN2O3S/c12-7-3-4-9(8(13)6-7)18-11-10(19(14,16)17)2-1-5-15-11/h1-6H,(H2,14,16,17). The van der Waals surface area contributed by atoms with E-state index in [1.165, 1.54) is 18.3 Å². The molecule has 0 saturated carbocycles. The number of nitrogens with zero attached hydrogens (tertiary/aromatic N) is 1. The molecule has 1 heterocycles. The molecule has 2 N–H and O–H groups in total. The number of rotatable bonds is 3. The van der Waals surface area contributed by atoms with Gasteiger partial charge in [-0.25, -0.2) is 18.5 Å². The number of benzene rings is 1. The van der Waals surface area contributed by atoms with Crippen LogP contribution < -0.4 is 9.88 Å². The average molecular weight is 364 g/mol. The summed E-state index contributed by atoms with van der Waals surface area (Å²) in [5, 5.41) is 5.40. The Morgan fingerprint density at radius 3 is 2.68 bits per heavy atom. The second-order valence-corrected chi connectivity index (χ2v) is 6.38. The Bertz CT molecular complexity index is 722. The van der Waals surface area contributed by atoms with Crippen molar-refractivity contribution in [3.05, 3.63) is 46.0 Å². The Balaban J connectivity index is 2.44. The smallest absolute Gasteiger partial charge is 0.243 e. The van der Waals surface area contributed by atoms with Crippen molar-refractivity contribution in [2.24, 2.45) is 5.14 Å². The number of pyridine rings is 1. The molecule has 1 aromatic heterocycles. The molecule has 2 aromatic rings. The SMILES string of the molecule is NS(=O)(=O)c1cccnc1Oc1ccc(Br)cc1Cl. The van der Waals surface area contributed by atoms with Gasteiger partial charge >= 0.3 is 0 Å². The number of sulfonamides is 1. The van der Waals surface area contributed by atoms with E-state index in [-0.39, 0.29) is 16.5 Å². The summed E-state index contributed by atoms with van der Waals surface area (Å²) in [4.78, 5) is 3.65. The highest BCUT2D eigenvalue weighted by Gasteiger charge is 2.17. The number of nitrogens with two attached hydrogens (primary N) is 1. The van der Waals surface area contributed by atoms with Crippen LogP contribution in [0.1, 0.15) is 0 Å². The zero-order valence-electron chi connectivity index (χ0n) is 9.38. The maximum atomic E-state index is 11.4. The minimum Gasteiger partial charge on any atom is -0.436 e. The van der Waals surface area contributed by atoms with Crippen LogP contribution in [0.3, 0.4) is 0 Å². The van der Waals surface area contributed by atoms with E-state index in [0.29, 0.717) is 5.02 Å². The lowest BCUT2D eigenvalue weighted by molar-refractivity contribution is 0.447. The molecule has 0 amide bonds. The number of hydrogen-bond donors (Lipinski definition) is 1. The van der Waals surface area contributed by atoms with Crippen LogP contribution >= 0.6 is 27.5 Å². The van der Waals surface area contributed by atoms with Crippen molar-refractivity contribution in [3.63, 3.8) is 0 Å². The lowest BCUT2D eigenvalue weighted by Crippen LogP contribution is -2.13. The molecule has 5 nitrogen and oxygen atoms in total. The fraction of sp³-hybridized carbons (Fsp3) is 0. The Hall–Kier alpha value is -1.15. The van der Waals surface area contributed by atoms with Crippen molar-refractivity contribution in [1.82, 2.24) is 4.98 Å². The second-order valence-electron chi connectivity index (χ2n) is 3.53. The Morgan fingerprint density at radius 2 is 2.05 bits per heavy atom. The first kappa shape index (κ1) is 14.3. The topological polar surface area (TPSA) is 82.3 Å². The molecule has 0 fully saturated rings. The van der Waals surface area contributed by atoms with E-state index in [1.54, 1.807) is 18.2 Å². The first-order chi connectivity index (χ1) is 8.88. The lowest BCUT2D eigenvalue weighted by atomic mass is 10.3. The fourth-order valence-corrected chi connectivity index (χ4v) is 2.65. The zero-order chi connectivity index (χ0) is 14.0. The number of primary sulfonamides is 1. The summed E-state index contributed by atoms with van der Waals surface area (Å²) >= 11 is 9.24. The predicted octanol–water partition coefficient (Wildman–Crippen LogP) is 2.94. The second kappa shape index (κ2) is 5.46. The van der Waals surface area contributed by atoms with Gasteiger partial charge in [0, 0.05) is 10.7 Å². The fourth-order valence-electron chi connectivity index (χ4n) is 1.33. The van der Waals surface area contributed by atoms with Crippen molar-refractivity contribution in [2.75, 3.05) is 0 Å². The molecular weight excluding hydrogens is 356 g/mol. The van der Waals surface area contributed by atoms with Gasteiger partial charge in [0.25, 0.3) is 0 Å². The summed E-state index contributed by atoms with van der Waals surface area (Å²) < 4.78 is 29.0. The van der Waals surface area contributed by atoms with Gasteiger partial charge in [0.15, 0.2) is 0 Å². The van der Waals surface area contributed by atoms with Crippen molar-refractivity contribution < 1.29 is 13.2 Å². The van der Waals surface area contributed by atoms with E-state index in [9.17, 15) is 8.42 Å². The molecule has 0 unspecified atom stereocenters. The molecule has 2 rings (SSSR count). The Morgan fingerprint density at radius 1 is 1.32 bits per heavy atom. The maximum absolute atomic E-state index is 11.4. The van der Waals surface area contributed by atoms with E-state index in [0.717, 1.165) is 4.47 Å². The van der Waals surface area contributed by atoms with E-state index in [1.807, 2.05) is 0 Å². The van der Waals surface area contributed by atoms with Crippen molar-refractivity contribution in [3.8, 4) is 11.6 Å². The van der Waals surface area contributed by atoms with Gasteiger partial charge in [-0.3, -0.25) is 0 Å². The minimum atomic E-state index is -3.91. The number of halogens is 2. The Kier molecular flexibility index (Phi) is 4.10. The van der Waals surface area contributed by atoms with Gasteiger partial charge in [-0.1, -0.05) is 27.5 Å². The van der Waals surface area contributed by atoms with Crippen LogP contribution in [0.25, 0.3) is 0 Å². The normalized spacial score (nSPS) is 11.3. The van der Waals surface area contributed by atoms with Gasteiger partial charge in [-0.2, -0.15) is 0 Å². The minimum absolute atomic E-state index is 0.116. The zero-order valence-corrected chi connectivity index (χ0v) is 12.5. The van der Waals surface area contributed by atoms with Crippen molar-refractivity contribution >= 4 is 37.6 Å². The van der Waals surface area contributed by atoms with E-state index in [4.69, 9.17) is 21.5 Å². The third-order valence-electron chi connectivity index (χ3n) is 2.14. The lowest BCUT2D eigenvalue weighted by Gasteiger charge is -2.09. The molecule has 0 aliphatic rings. The summed E-state index contributed by atoms with van der Waals surface area (Å²) in [7, 11) is -3.91. The van der Waals surface area contributed by atoms with Gasteiger partial charge in [0.05, 0.1) is 5.02 Å². The van der Waals surface area contributed by atoms with E-state index >= 15 is 0 Å². The molecule has 0 spiro atoms. The largest absolute Gasteiger partial charge is 0.436 e. The molecule has 0 saturated heterocycles. The van der Waals surface area contributed by atoms with Crippen LogP contribution in [0.15, 0.2) is 45.9 Å². The quantitative estimate of drug-likeness (QED) is 0.909. The van der Waals surface area contributed by atoms with Crippen molar-refractivity contribution in [2.45, 2.75) is 4.90 Å². The van der Waals surface area contributed by atoms with Gasteiger partial charge in [-0.05, 0) is 30.3 Å². The highest BCUT2D eigenvalue weighted by Crippen LogP contribution is 2.32. The Labute approximate surface area is 123 Å². The maximum Gasteiger partial charge on any atom is 0.243 e. The van der Waals surface area contributed by atoms with Crippen molar-refractivity contribution in [1.29, 1.82) is 0 Å². The molecule has 0 bridgehead atoms. The molecule has 19 heavy (non-hydrogen) atoms. The third-order valence-corrected chi connectivity index (χ3v) is 3.86. The van der Waals surface area contributed by atoms with E-state index < -0.39 is 10.0 Å². The molecule has 0 aliphatic heterocycles. The average Bonchev–Trinajstić information content (AvgIpc) is 2.32. The summed E-state index contributed by atoms with van der Waals surface area (Å²) in [6.07, 6.45) is 1.40. The molecule has 8 heteroatoms. The first-order valence-electron chi connectivity index (χ1n) is 4.98. The highest BCUT2D eigenvalue weighted by molar-refractivity contribution is 9.10. The number of aromatic nitrogens is 1. The summed E-state index contributed by atoms with van der Waals surface area (Å²) in [5.41, 5.74) is 0. The predicted molar refractivity (Wildman–Crippen MR) is 74.8 cm³/mol. The summed E-state index contributed by atoms with van der Waals surface area (Å²) in [6.45, 7) is 0. The van der Waals surface area contributed by atoms with Crippen LogP contribution in [0.4, 0.5) is 0 Å². The van der Waals surface area contributed by atoms with Crippen LogP contribution in [0, 0.1) is 0 Å². The number of hydrogen-bond acceptors (Lipinski definition) is 4. The molecule has 0 radical (unpaired) electrons. The molecular formula is C11H8BrClN2O3S. The summed E-state index contributed by atoms with van der Waals surface area (Å²) in [6, 6.07) is 7.69. The van der Waals surface area contributed by atoms with Gasteiger partial charge < -0.3 is 4.74 Å². The van der Waals surface area contributed by atoms with Crippen LogP contribution in [-0.2, 0) is 10.0 Å². The molecule has 0 aliphatic carbocycles. The van der Waals surface area contributed by atoms with Crippen LogP contribution in [0.2, 0.25) is 5.02 Å². The highest BCUT2D eigenvalue weighted by atomic mass is 79.9. The van der Waals surface area contributed by atoms with Gasteiger partial charge in [0.2, 0.25) is 15.9 Å². The van der Waals surface area contributed by atoms with E-state index in [2.05, 4.69) is 20.9 Å². The molecule has 1 aromatic carbocycles. The van der Waals surface area contributed by atoms with Crippen LogP contribution in [-0.4, -0.2) is 13.4 Å². The molecule has 0 atom stereocenters. The monoisotopic (exact) mass is 362 g/mol. The third kappa shape index (κ3) is 3.44. The van der Waals surface area contributed by atoms with Crippen LogP contribution in [0.5, 0.6) is 11.6 Å². The summed E-state index contributed by atoms with van der Waals surface area (Å²) in [5.74, 6) is 0.169. The van der Waals surface area contributed by atoms with Gasteiger partial charge in [-0.15, -0.1) is 0 Å².